The van der Waals surface area contributed by atoms with E-state index in [-0.39, 0.29) is 5.41 Å². The van der Waals surface area contributed by atoms with E-state index in [9.17, 15) is 0 Å². The van der Waals surface area contributed by atoms with Crippen molar-refractivity contribution in [2.75, 3.05) is 0 Å². The molecule has 3 aromatic heterocycles. The highest BCUT2D eigenvalue weighted by Crippen LogP contribution is 2.47. The Kier molecular flexibility index (Phi) is 2.85. The van der Waals surface area contributed by atoms with Gasteiger partial charge in [-0.25, -0.2) is 0 Å². The molecule has 0 N–H and O–H groups in total. The van der Waals surface area contributed by atoms with Gasteiger partial charge in [-0.15, -0.1) is 0 Å². The van der Waals surface area contributed by atoms with Crippen molar-refractivity contribution in [1.82, 2.24) is 19.5 Å². The van der Waals surface area contributed by atoms with E-state index < -0.39 is 0 Å². The van der Waals surface area contributed by atoms with E-state index >= 15 is 0 Å². The van der Waals surface area contributed by atoms with Crippen molar-refractivity contribution in [1.29, 1.82) is 0 Å². The molecule has 5 nitrogen and oxygen atoms in total. The maximum Gasteiger partial charge on any atom is 0.277 e. The average molecular weight is 298 g/mol. The standard InChI is InChI=1S/C15H14N4OS/c1-10-9-12(19-21-10)13-17-14(18-20-13)15(5-2-6-15)11-3-7-16-8-4-11/h3-4,7-9H,2,5-6H2,1H3. The lowest BCUT2D eigenvalue weighted by Crippen LogP contribution is -2.36. The third-order valence-electron chi connectivity index (χ3n) is 4.14. The molecule has 21 heavy (non-hydrogen) atoms. The predicted molar refractivity (Wildman–Crippen MR) is 79.0 cm³/mol. The molecule has 3 aromatic rings. The summed E-state index contributed by atoms with van der Waals surface area (Å²) in [6, 6.07) is 6.06. The quantitative estimate of drug-likeness (QED) is 0.741. The van der Waals surface area contributed by atoms with Crippen LogP contribution < -0.4 is 0 Å². The molecule has 1 aliphatic rings. The Hall–Kier alpha value is -2.08. The van der Waals surface area contributed by atoms with Crippen molar-refractivity contribution in [3.05, 3.63) is 46.9 Å². The Bertz CT molecular complexity index is 761. The summed E-state index contributed by atoms with van der Waals surface area (Å²) in [6.45, 7) is 2.02. The van der Waals surface area contributed by atoms with E-state index in [1.165, 1.54) is 23.5 Å². The number of rotatable bonds is 3. The van der Waals surface area contributed by atoms with E-state index in [1.54, 1.807) is 0 Å². The molecule has 6 heteroatoms. The van der Waals surface area contributed by atoms with Crippen LogP contribution >= 0.6 is 11.5 Å². The zero-order chi connectivity index (χ0) is 14.3. The first-order valence-electron chi connectivity index (χ1n) is 6.96. The summed E-state index contributed by atoms with van der Waals surface area (Å²) in [6.07, 6.45) is 6.92. The lowest BCUT2D eigenvalue weighted by molar-refractivity contribution is 0.272. The molecular formula is C15H14N4OS. The van der Waals surface area contributed by atoms with Gasteiger partial charge in [-0.05, 0) is 55.1 Å². The van der Waals surface area contributed by atoms with Gasteiger partial charge < -0.3 is 4.52 Å². The topological polar surface area (TPSA) is 64.7 Å². The van der Waals surface area contributed by atoms with Crippen molar-refractivity contribution >= 4 is 11.5 Å². The predicted octanol–water partition coefficient (Wildman–Crippen LogP) is 3.37. The first kappa shape index (κ1) is 12.6. The van der Waals surface area contributed by atoms with Gasteiger partial charge in [-0.1, -0.05) is 11.6 Å². The number of hydrogen-bond acceptors (Lipinski definition) is 6. The second-order valence-electron chi connectivity index (χ2n) is 5.42. The Morgan fingerprint density at radius 2 is 2.05 bits per heavy atom. The molecule has 0 aromatic carbocycles. The first-order valence-corrected chi connectivity index (χ1v) is 7.74. The van der Waals surface area contributed by atoms with Crippen molar-refractivity contribution in [2.45, 2.75) is 31.6 Å². The molecule has 0 bridgehead atoms. The highest BCUT2D eigenvalue weighted by Gasteiger charge is 2.44. The van der Waals surface area contributed by atoms with Crippen molar-refractivity contribution in [3.63, 3.8) is 0 Å². The molecule has 0 radical (unpaired) electrons. The number of hydrogen-bond donors (Lipinski definition) is 0. The van der Waals surface area contributed by atoms with Gasteiger partial charge in [0.05, 0.1) is 5.41 Å². The molecule has 0 aliphatic heterocycles. The maximum absolute atomic E-state index is 5.43. The van der Waals surface area contributed by atoms with Crippen LogP contribution in [0.15, 0.2) is 35.1 Å². The Morgan fingerprint density at radius 3 is 2.67 bits per heavy atom. The number of aryl methyl sites for hydroxylation is 1. The molecule has 0 atom stereocenters. The van der Waals surface area contributed by atoms with E-state index in [4.69, 9.17) is 4.52 Å². The largest absolute Gasteiger partial charge is 0.332 e. The highest BCUT2D eigenvalue weighted by molar-refractivity contribution is 7.05. The monoisotopic (exact) mass is 298 g/mol. The minimum atomic E-state index is -0.115. The second-order valence-corrected chi connectivity index (χ2v) is 6.43. The summed E-state index contributed by atoms with van der Waals surface area (Å²) in [5.74, 6) is 1.27. The van der Waals surface area contributed by atoms with Gasteiger partial charge in [0, 0.05) is 17.3 Å². The molecule has 4 rings (SSSR count). The van der Waals surface area contributed by atoms with Crippen molar-refractivity contribution in [2.24, 2.45) is 0 Å². The molecule has 1 saturated carbocycles. The molecule has 1 aliphatic carbocycles. The first-order chi connectivity index (χ1) is 10.3. The fourth-order valence-electron chi connectivity index (χ4n) is 2.83. The third-order valence-corrected chi connectivity index (χ3v) is 4.83. The summed E-state index contributed by atoms with van der Waals surface area (Å²) in [4.78, 5) is 9.84. The highest BCUT2D eigenvalue weighted by atomic mass is 32.1. The van der Waals surface area contributed by atoms with Crippen LogP contribution in [0.5, 0.6) is 0 Å². The SMILES string of the molecule is Cc1cc(-c2nc(C3(c4ccncc4)CCC3)no2)ns1. The van der Waals surface area contributed by atoms with E-state index in [1.807, 2.05) is 37.5 Å². The molecule has 0 saturated heterocycles. The van der Waals surface area contributed by atoms with Gasteiger partial charge in [0.25, 0.3) is 5.89 Å². The molecule has 0 spiro atoms. The fourth-order valence-corrected chi connectivity index (χ4v) is 3.37. The lowest BCUT2D eigenvalue weighted by Gasteiger charge is -2.39. The number of nitrogens with zero attached hydrogens (tertiary/aromatic N) is 4. The molecule has 1 fully saturated rings. The third kappa shape index (κ3) is 1.98. The van der Waals surface area contributed by atoms with Crippen LogP contribution in [0.2, 0.25) is 0 Å². The van der Waals surface area contributed by atoms with Crippen LogP contribution in [-0.2, 0) is 5.41 Å². The van der Waals surface area contributed by atoms with E-state index in [0.29, 0.717) is 5.89 Å². The van der Waals surface area contributed by atoms with Gasteiger partial charge in [-0.3, -0.25) is 4.98 Å². The second kappa shape index (κ2) is 4.73. The van der Waals surface area contributed by atoms with Gasteiger partial charge in [0.1, 0.15) is 5.69 Å². The summed E-state index contributed by atoms with van der Waals surface area (Å²) < 4.78 is 9.77. The normalized spacial score (nSPS) is 16.6. The Morgan fingerprint density at radius 1 is 1.24 bits per heavy atom. The van der Waals surface area contributed by atoms with Gasteiger partial charge >= 0.3 is 0 Å². The average Bonchev–Trinajstić information content (AvgIpc) is 3.08. The molecule has 106 valence electrons. The minimum absolute atomic E-state index is 0.115. The van der Waals surface area contributed by atoms with Gasteiger partial charge in [0.15, 0.2) is 5.82 Å². The van der Waals surface area contributed by atoms with Crippen LogP contribution in [0, 0.1) is 6.92 Å². The van der Waals surface area contributed by atoms with Crippen molar-refractivity contribution in [3.8, 4) is 11.6 Å². The summed E-state index contributed by atoms with van der Waals surface area (Å²) in [5, 5.41) is 4.23. The van der Waals surface area contributed by atoms with Crippen LogP contribution in [-0.4, -0.2) is 19.5 Å². The summed E-state index contributed by atoms with van der Waals surface area (Å²) >= 11 is 1.45. The van der Waals surface area contributed by atoms with Crippen molar-refractivity contribution < 1.29 is 4.52 Å². The van der Waals surface area contributed by atoms with Crippen LogP contribution in [0.3, 0.4) is 0 Å². The zero-order valence-corrected chi connectivity index (χ0v) is 12.4. The Balaban J connectivity index is 1.74. The summed E-state index contributed by atoms with van der Waals surface area (Å²) in [7, 11) is 0. The molecular weight excluding hydrogens is 284 g/mol. The van der Waals surface area contributed by atoms with E-state index in [2.05, 4.69) is 19.5 Å². The fraction of sp³-hybridized carbons (Fsp3) is 0.333. The summed E-state index contributed by atoms with van der Waals surface area (Å²) in [5.41, 5.74) is 1.86. The van der Waals surface area contributed by atoms with Crippen LogP contribution in [0.25, 0.3) is 11.6 Å². The number of pyridine rings is 1. The maximum atomic E-state index is 5.43. The van der Waals surface area contributed by atoms with Crippen LogP contribution in [0.1, 0.15) is 35.5 Å². The smallest absolute Gasteiger partial charge is 0.277 e. The van der Waals surface area contributed by atoms with Gasteiger partial charge in [-0.2, -0.15) is 9.36 Å². The molecule has 0 unspecified atom stereocenters. The lowest BCUT2D eigenvalue weighted by atomic mass is 9.64. The molecule has 3 heterocycles. The van der Waals surface area contributed by atoms with Gasteiger partial charge in [0.2, 0.25) is 0 Å². The molecule has 0 amide bonds. The number of aromatic nitrogens is 4. The Labute approximate surface area is 126 Å². The van der Waals surface area contributed by atoms with E-state index in [0.717, 1.165) is 29.2 Å². The zero-order valence-electron chi connectivity index (χ0n) is 11.6. The minimum Gasteiger partial charge on any atom is -0.332 e. The van der Waals surface area contributed by atoms with Crippen LogP contribution in [0.4, 0.5) is 0 Å².